The van der Waals surface area contributed by atoms with Gasteiger partial charge in [0.1, 0.15) is 23.3 Å². The Morgan fingerprint density at radius 1 is 1.09 bits per heavy atom. The molecule has 172 valence electrons. The van der Waals surface area contributed by atoms with Crippen LogP contribution in [0.15, 0.2) is 34.3 Å². The molecule has 0 aliphatic carbocycles. The van der Waals surface area contributed by atoms with E-state index < -0.39 is 4.92 Å². The van der Waals surface area contributed by atoms with Crippen molar-refractivity contribution < 1.29 is 4.92 Å². The highest BCUT2D eigenvalue weighted by atomic mass is 16.6. The number of anilines is 3. The maximum Gasteiger partial charge on any atom is 0.269 e. The Morgan fingerprint density at radius 3 is 2.33 bits per heavy atom. The Bertz CT molecular complexity index is 1200. The predicted molar refractivity (Wildman–Crippen MR) is 124 cm³/mol. The van der Waals surface area contributed by atoms with E-state index in [1.54, 1.807) is 58.9 Å². The molecule has 0 amide bonds. The number of aryl methyl sites for hydroxylation is 3. The molecule has 2 N–H and O–H groups in total. The largest absolute Gasteiger partial charge is 0.323 e. The lowest BCUT2D eigenvalue weighted by atomic mass is 10.3. The second-order valence-electron chi connectivity index (χ2n) is 7.04. The third-order valence-electron chi connectivity index (χ3n) is 4.14. The fourth-order valence-corrected chi connectivity index (χ4v) is 2.80. The molecule has 0 aliphatic heterocycles. The summed E-state index contributed by atoms with van der Waals surface area (Å²) in [6.45, 7) is 7.13. The molecule has 0 radical (unpaired) electrons. The van der Waals surface area contributed by atoms with Crippen molar-refractivity contribution in [1.29, 1.82) is 0 Å². The maximum absolute atomic E-state index is 10.8. The number of hydrogen-bond acceptors (Lipinski definition) is 10. The molecule has 0 saturated carbocycles. The summed E-state index contributed by atoms with van der Waals surface area (Å²) in [7, 11) is 3.48. The summed E-state index contributed by atoms with van der Waals surface area (Å²) in [5.41, 5.74) is 3.70. The first-order chi connectivity index (χ1) is 15.6. The average molecular weight is 452 g/mol. The van der Waals surface area contributed by atoms with E-state index in [0.29, 0.717) is 46.9 Å². The van der Waals surface area contributed by atoms with Crippen molar-refractivity contribution in [2.45, 2.75) is 27.7 Å². The SMILES string of the molecule is CC(=N/C(C)=N\c1nc(Nc2ccc([N+](=O)[O-])cc2)nn1C)NN(C)c1nc(C)nc(C)n1. The minimum absolute atomic E-state index is 0.00342. The highest BCUT2D eigenvalue weighted by Gasteiger charge is 2.10. The van der Waals surface area contributed by atoms with Gasteiger partial charge in [0.25, 0.3) is 11.6 Å². The number of aliphatic imine (C=N–C) groups is 2. The van der Waals surface area contributed by atoms with Crippen LogP contribution in [0.2, 0.25) is 0 Å². The summed E-state index contributed by atoms with van der Waals surface area (Å²) < 4.78 is 1.50. The summed E-state index contributed by atoms with van der Waals surface area (Å²) in [5, 5.41) is 19.7. The van der Waals surface area contributed by atoms with E-state index in [1.807, 2.05) is 0 Å². The van der Waals surface area contributed by atoms with Crippen LogP contribution < -0.4 is 15.8 Å². The van der Waals surface area contributed by atoms with Gasteiger partial charge in [0.15, 0.2) is 0 Å². The van der Waals surface area contributed by atoms with E-state index in [9.17, 15) is 10.1 Å². The topological polar surface area (TPSA) is 165 Å². The Kier molecular flexibility index (Phi) is 6.85. The number of hydrazine groups is 1. The molecule has 0 saturated heterocycles. The van der Waals surface area contributed by atoms with Gasteiger partial charge in [-0.3, -0.25) is 20.5 Å². The number of aromatic nitrogens is 6. The number of nitrogens with zero attached hydrogens (tertiary/aromatic N) is 10. The van der Waals surface area contributed by atoms with Crippen LogP contribution in [-0.4, -0.2) is 53.4 Å². The minimum Gasteiger partial charge on any atom is -0.323 e. The first-order valence-electron chi connectivity index (χ1n) is 9.83. The average Bonchev–Trinajstić information content (AvgIpc) is 3.05. The van der Waals surface area contributed by atoms with Gasteiger partial charge < -0.3 is 5.32 Å². The molecule has 33 heavy (non-hydrogen) atoms. The summed E-state index contributed by atoms with van der Waals surface area (Å²) in [4.78, 5) is 36.2. The van der Waals surface area contributed by atoms with Crippen molar-refractivity contribution in [1.82, 2.24) is 35.1 Å². The van der Waals surface area contributed by atoms with Crippen LogP contribution in [0.3, 0.4) is 0 Å². The number of amidine groups is 2. The van der Waals surface area contributed by atoms with E-state index >= 15 is 0 Å². The molecule has 0 unspecified atom stereocenters. The molecular weight excluding hydrogens is 428 g/mol. The fraction of sp³-hybridized carbons (Fsp3) is 0.316. The molecule has 0 aliphatic rings. The highest BCUT2D eigenvalue weighted by molar-refractivity contribution is 5.95. The first kappa shape index (κ1) is 23.2. The third-order valence-corrected chi connectivity index (χ3v) is 4.14. The Hall–Kier alpha value is -4.49. The number of nitrogens with one attached hydrogen (secondary N) is 2. The maximum atomic E-state index is 10.8. The summed E-state index contributed by atoms with van der Waals surface area (Å²) in [6, 6.07) is 5.95. The second kappa shape index (κ2) is 9.76. The molecule has 3 rings (SSSR count). The third kappa shape index (κ3) is 6.25. The van der Waals surface area contributed by atoms with Crippen molar-refractivity contribution in [2.75, 3.05) is 17.4 Å². The van der Waals surface area contributed by atoms with E-state index in [0.717, 1.165) is 0 Å². The van der Waals surface area contributed by atoms with Crippen LogP contribution in [0.4, 0.5) is 29.2 Å². The molecular formula is C19H24N12O2. The molecule has 0 spiro atoms. The van der Waals surface area contributed by atoms with E-state index in [1.165, 1.54) is 16.8 Å². The summed E-state index contributed by atoms with van der Waals surface area (Å²) in [6.07, 6.45) is 0. The fourth-order valence-electron chi connectivity index (χ4n) is 2.80. The van der Waals surface area contributed by atoms with Crippen LogP contribution in [0.25, 0.3) is 0 Å². The van der Waals surface area contributed by atoms with Crippen LogP contribution >= 0.6 is 0 Å². The monoisotopic (exact) mass is 452 g/mol. The van der Waals surface area contributed by atoms with E-state index in [-0.39, 0.29) is 5.69 Å². The molecule has 0 atom stereocenters. The Morgan fingerprint density at radius 2 is 1.73 bits per heavy atom. The number of non-ortho nitro benzene ring substituents is 1. The van der Waals surface area contributed by atoms with Gasteiger partial charge in [-0.05, 0) is 39.8 Å². The van der Waals surface area contributed by atoms with Crippen LogP contribution in [0.5, 0.6) is 0 Å². The molecule has 0 fully saturated rings. The number of hydrogen-bond donors (Lipinski definition) is 2. The lowest BCUT2D eigenvalue weighted by Crippen LogP contribution is -2.39. The normalized spacial score (nSPS) is 11.9. The molecule has 2 aromatic heterocycles. The van der Waals surface area contributed by atoms with Crippen molar-refractivity contribution >= 4 is 40.9 Å². The van der Waals surface area contributed by atoms with Gasteiger partial charge in [-0.25, -0.2) is 14.7 Å². The van der Waals surface area contributed by atoms with Crippen molar-refractivity contribution in [3.63, 3.8) is 0 Å². The van der Waals surface area contributed by atoms with Crippen molar-refractivity contribution in [3.05, 3.63) is 46.0 Å². The van der Waals surface area contributed by atoms with Gasteiger partial charge >= 0.3 is 0 Å². The molecule has 14 nitrogen and oxygen atoms in total. The molecule has 3 aromatic rings. The van der Waals surface area contributed by atoms with Crippen molar-refractivity contribution in [3.8, 4) is 0 Å². The zero-order chi connectivity index (χ0) is 24.1. The first-order valence-corrected chi connectivity index (χ1v) is 9.83. The predicted octanol–water partition coefficient (Wildman–Crippen LogP) is 2.38. The quantitative estimate of drug-likeness (QED) is 0.245. The highest BCUT2D eigenvalue weighted by Crippen LogP contribution is 2.20. The summed E-state index contributed by atoms with van der Waals surface area (Å²) >= 11 is 0. The molecule has 0 bridgehead atoms. The smallest absolute Gasteiger partial charge is 0.269 e. The molecule has 14 heteroatoms. The molecule has 1 aromatic carbocycles. The lowest BCUT2D eigenvalue weighted by molar-refractivity contribution is -0.384. The lowest BCUT2D eigenvalue weighted by Gasteiger charge is -2.19. The summed E-state index contributed by atoms with van der Waals surface area (Å²) in [5.74, 6) is 3.38. The second-order valence-corrected chi connectivity index (χ2v) is 7.04. The van der Waals surface area contributed by atoms with Crippen LogP contribution in [0.1, 0.15) is 25.5 Å². The number of rotatable bonds is 6. The van der Waals surface area contributed by atoms with Gasteiger partial charge in [-0.2, -0.15) is 19.9 Å². The number of nitro benzene ring substituents is 1. The zero-order valence-corrected chi connectivity index (χ0v) is 19.1. The minimum atomic E-state index is -0.459. The van der Waals surface area contributed by atoms with Crippen LogP contribution in [-0.2, 0) is 7.05 Å². The van der Waals surface area contributed by atoms with Gasteiger partial charge in [-0.1, -0.05) is 0 Å². The zero-order valence-electron chi connectivity index (χ0n) is 19.1. The van der Waals surface area contributed by atoms with Gasteiger partial charge in [0, 0.05) is 31.9 Å². The number of benzene rings is 1. The van der Waals surface area contributed by atoms with Crippen molar-refractivity contribution in [2.24, 2.45) is 17.0 Å². The van der Waals surface area contributed by atoms with E-state index in [2.05, 4.69) is 45.8 Å². The standard InChI is InChI=1S/C19H24N12O2/c1-11-20-12(2)23-18(22-11)29(5)27-14(4)21-13(3)24-19-26-17(28-30(19)6)25-15-7-9-16(10-8-15)31(32)33/h7-10H,1-6H3,(H2,21,24,25,26,27,28). The van der Waals surface area contributed by atoms with Gasteiger partial charge in [-0.15, -0.1) is 5.10 Å². The Balaban J connectivity index is 1.68. The van der Waals surface area contributed by atoms with E-state index in [4.69, 9.17) is 0 Å². The van der Waals surface area contributed by atoms with Gasteiger partial charge in [0.05, 0.1) is 4.92 Å². The Labute approximate surface area is 189 Å². The van der Waals surface area contributed by atoms with Crippen LogP contribution in [0, 0.1) is 24.0 Å². The van der Waals surface area contributed by atoms with Gasteiger partial charge in [0.2, 0.25) is 11.9 Å². The number of nitro groups is 1. The molecule has 2 heterocycles.